The molecule has 1 unspecified atom stereocenters. The van der Waals surface area contributed by atoms with Crippen molar-refractivity contribution in [1.82, 2.24) is 10.2 Å². The largest absolute Gasteiger partial charge is 0.416 e. The molecule has 1 saturated heterocycles. The molecular formula is C10H19F3N2O2. The molecule has 17 heavy (non-hydrogen) atoms. The highest BCUT2D eigenvalue weighted by molar-refractivity contribution is 5.78. The number of hydrogen-bond acceptors (Lipinski definition) is 3. The summed E-state index contributed by atoms with van der Waals surface area (Å²) in [5.41, 5.74) is 0. The van der Waals surface area contributed by atoms with Crippen LogP contribution in [0.3, 0.4) is 0 Å². The van der Waals surface area contributed by atoms with Crippen LogP contribution < -0.4 is 5.32 Å². The van der Waals surface area contributed by atoms with Crippen LogP contribution in [0.5, 0.6) is 0 Å². The molecule has 1 N–H and O–H groups in total. The molecule has 0 bridgehead atoms. The Morgan fingerprint density at radius 1 is 1.47 bits per heavy atom. The maximum absolute atomic E-state index is 12.3. The lowest BCUT2D eigenvalue weighted by atomic mass is 10.2. The van der Waals surface area contributed by atoms with Gasteiger partial charge in [0.2, 0.25) is 5.91 Å². The number of carbonyl (C=O) groups excluding carboxylic acids is 1. The first kappa shape index (κ1) is 16.2. The number of morpholine rings is 1. The fourth-order valence-electron chi connectivity index (χ4n) is 1.34. The van der Waals surface area contributed by atoms with E-state index >= 15 is 0 Å². The van der Waals surface area contributed by atoms with Crippen molar-refractivity contribution in [3.63, 3.8) is 0 Å². The molecule has 102 valence electrons. The topological polar surface area (TPSA) is 41.6 Å². The Balaban J connectivity index is 0.00000121. The van der Waals surface area contributed by atoms with E-state index < -0.39 is 18.8 Å². The van der Waals surface area contributed by atoms with E-state index in [1.54, 1.807) is 7.05 Å². The Bertz CT molecular complexity index is 234. The van der Waals surface area contributed by atoms with Crippen LogP contribution in [-0.4, -0.2) is 56.4 Å². The van der Waals surface area contributed by atoms with Crippen molar-refractivity contribution < 1.29 is 22.7 Å². The maximum atomic E-state index is 12.3. The van der Waals surface area contributed by atoms with Gasteiger partial charge in [-0.25, -0.2) is 0 Å². The quantitative estimate of drug-likeness (QED) is 0.802. The van der Waals surface area contributed by atoms with Crippen molar-refractivity contribution in [2.75, 3.05) is 33.3 Å². The molecule has 0 aromatic carbocycles. The number of likely N-dealkylation sites (N-methyl/N-ethyl adjacent to an activating group) is 1. The summed E-state index contributed by atoms with van der Waals surface area (Å²) in [6, 6.07) is 0. The second-order valence-corrected chi connectivity index (χ2v) is 3.27. The van der Waals surface area contributed by atoms with Crippen LogP contribution in [0.2, 0.25) is 0 Å². The Labute approximate surface area is 99.1 Å². The summed E-state index contributed by atoms with van der Waals surface area (Å²) in [5, 5.41) is 2.61. The zero-order valence-electron chi connectivity index (χ0n) is 10.3. The van der Waals surface area contributed by atoms with Crippen LogP contribution >= 0.6 is 0 Å². The van der Waals surface area contributed by atoms with Crippen molar-refractivity contribution in [2.45, 2.75) is 26.1 Å². The zero-order valence-corrected chi connectivity index (χ0v) is 10.3. The Hall–Kier alpha value is -0.820. The van der Waals surface area contributed by atoms with Crippen LogP contribution in [0.15, 0.2) is 0 Å². The van der Waals surface area contributed by atoms with Gasteiger partial charge in [-0.3, -0.25) is 4.79 Å². The van der Waals surface area contributed by atoms with Gasteiger partial charge in [0.1, 0.15) is 0 Å². The van der Waals surface area contributed by atoms with Crippen LogP contribution in [0, 0.1) is 0 Å². The molecule has 0 radical (unpaired) electrons. The number of alkyl halides is 3. The smallest absolute Gasteiger partial charge is 0.365 e. The third-order valence-electron chi connectivity index (χ3n) is 2.11. The lowest BCUT2D eigenvalue weighted by Gasteiger charge is -2.33. The van der Waals surface area contributed by atoms with Gasteiger partial charge in [-0.05, 0) is 7.05 Å². The number of amides is 1. The lowest BCUT2D eigenvalue weighted by Crippen LogP contribution is -2.52. The van der Waals surface area contributed by atoms with Gasteiger partial charge in [0, 0.05) is 6.54 Å². The standard InChI is InChI=1S/C8H13F3N2O2.C2H6/c1-12-4-7(14)13-2-3-15-6(5-13)8(9,10)11;1-2/h6,12H,2-5H2,1H3;1-2H3. The first-order valence-corrected chi connectivity index (χ1v) is 5.56. The molecule has 0 spiro atoms. The van der Waals surface area contributed by atoms with Crippen LogP contribution in [-0.2, 0) is 9.53 Å². The Kier molecular flexibility index (Phi) is 7.13. The number of nitrogens with one attached hydrogen (secondary N) is 1. The summed E-state index contributed by atoms with van der Waals surface area (Å²) < 4.78 is 41.4. The number of nitrogens with zero attached hydrogens (tertiary/aromatic N) is 1. The van der Waals surface area contributed by atoms with E-state index in [0.29, 0.717) is 0 Å². The van der Waals surface area contributed by atoms with Crippen molar-refractivity contribution in [3.05, 3.63) is 0 Å². The summed E-state index contributed by atoms with van der Waals surface area (Å²) >= 11 is 0. The first-order chi connectivity index (χ1) is 7.95. The molecule has 4 nitrogen and oxygen atoms in total. The minimum Gasteiger partial charge on any atom is -0.365 e. The third-order valence-corrected chi connectivity index (χ3v) is 2.11. The molecule has 1 aliphatic rings. The molecule has 1 aliphatic heterocycles. The van der Waals surface area contributed by atoms with Crippen molar-refractivity contribution >= 4 is 5.91 Å². The minimum atomic E-state index is -4.40. The zero-order chi connectivity index (χ0) is 13.5. The number of hydrogen-bond donors (Lipinski definition) is 1. The molecule has 0 aromatic heterocycles. The number of carbonyl (C=O) groups is 1. The Morgan fingerprint density at radius 3 is 2.53 bits per heavy atom. The fraction of sp³-hybridized carbons (Fsp3) is 0.900. The predicted molar refractivity (Wildman–Crippen MR) is 57.6 cm³/mol. The number of ether oxygens (including phenoxy) is 1. The van der Waals surface area contributed by atoms with E-state index in [0.717, 1.165) is 4.90 Å². The van der Waals surface area contributed by atoms with Crippen LogP contribution in [0.4, 0.5) is 13.2 Å². The monoisotopic (exact) mass is 256 g/mol. The average Bonchev–Trinajstić information content (AvgIpc) is 2.31. The lowest BCUT2D eigenvalue weighted by molar-refractivity contribution is -0.236. The van der Waals surface area contributed by atoms with Crippen molar-refractivity contribution in [2.24, 2.45) is 0 Å². The molecule has 1 fully saturated rings. The van der Waals surface area contributed by atoms with E-state index in [9.17, 15) is 18.0 Å². The maximum Gasteiger partial charge on any atom is 0.416 e. The van der Waals surface area contributed by atoms with E-state index in [1.807, 2.05) is 13.8 Å². The molecule has 7 heteroatoms. The number of halogens is 3. The Morgan fingerprint density at radius 2 is 2.06 bits per heavy atom. The van der Waals surface area contributed by atoms with E-state index in [4.69, 9.17) is 0 Å². The molecule has 1 atom stereocenters. The summed E-state index contributed by atoms with van der Waals surface area (Å²) in [6.07, 6.45) is -6.26. The van der Waals surface area contributed by atoms with E-state index in [1.165, 1.54) is 0 Å². The predicted octanol–water partition coefficient (Wildman–Crippen LogP) is 1.02. The van der Waals surface area contributed by atoms with Crippen LogP contribution in [0.25, 0.3) is 0 Å². The van der Waals surface area contributed by atoms with Gasteiger partial charge in [-0.1, -0.05) is 13.8 Å². The van der Waals surface area contributed by atoms with Gasteiger partial charge in [0.25, 0.3) is 0 Å². The normalized spacial score (nSPS) is 20.6. The summed E-state index contributed by atoms with van der Waals surface area (Å²) in [4.78, 5) is 12.5. The van der Waals surface area contributed by atoms with Crippen LogP contribution in [0.1, 0.15) is 13.8 Å². The summed E-state index contributed by atoms with van der Waals surface area (Å²) in [7, 11) is 1.57. The third kappa shape index (κ3) is 5.36. The van der Waals surface area contributed by atoms with Gasteiger partial charge >= 0.3 is 6.18 Å². The van der Waals surface area contributed by atoms with Gasteiger partial charge < -0.3 is 15.0 Å². The highest BCUT2D eigenvalue weighted by Crippen LogP contribution is 2.25. The fourth-order valence-corrected chi connectivity index (χ4v) is 1.34. The van der Waals surface area contributed by atoms with Crippen molar-refractivity contribution in [3.8, 4) is 0 Å². The van der Waals surface area contributed by atoms with E-state index in [2.05, 4.69) is 10.1 Å². The first-order valence-electron chi connectivity index (χ1n) is 5.56. The van der Waals surface area contributed by atoms with Gasteiger partial charge in [0.05, 0.1) is 19.7 Å². The van der Waals surface area contributed by atoms with E-state index in [-0.39, 0.29) is 25.6 Å². The minimum absolute atomic E-state index is 0.0462. The summed E-state index contributed by atoms with van der Waals surface area (Å²) in [5.74, 6) is -0.338. The molecule has 0 saturated carbocycles. The van der Waals surface area contributed by atoms with Gasteiger partial charge in [-0.2, -0.15) is 13.2 Å². The van der Waals surface area contributed by atoms with Gasteiger partial charge in [0.15, 0.2) is 6.10 Å². The summed E-state index contributed by atoms with van der Waals surface area (Å²) in [6.45, 7) is 3.78. The SMILES string of the molecule is CC.CNCC(=O)N1CCOC(C(F)(F)F)C1. The highest BCUT2D eigenvalue weighted by Gasteiger charge is 2.44. The second-order valence-electron chi connectivity index (χ2n) is 3.27. The molecule has 1 heterocycles. The number of rotatable bonds is 2. The average molecular weight is 256 g/mol. The van der Waals surface area contributed by atoms with Gasteiger partial charge in [-0.15, -0.1) is 0 Å². The molecular weight excluding hydrogens is 237 g/mol. The van der Waals surface area contributed by atoms with Crippen molar-refractivity contribution in [1.29, 1.82) is 0 Å². The molecule has 1 amide bonds. The molecule has 0 aromatic rings. The highest BCUT2D eigenvalue weighted by atomic mass is 19.4. The molecule has 1 rings (SSSR count). The second kappa shape index (κ2) is 7.50. The molecule has 0 aliphatic carbocycles.